The molecule has 0 aliphatic heterocycles. The maximum Gasteiger partial charge on any atom is 0.297 e. The number of hydrogen-bond acceptors (Lipinski definition) is 5. The lowest BCUT2D eigenvalue weighted by Gasteiger charge is -2.57. The fraction of sp³-hybridized carbons (Fsp3) is 0.615. The molecule has 4 aliphatic rings. The molecule has 3 saturated carbocycles. The van der Waals surface area contributed by atoms with E-state index < -0.39 is 15.5 Å². The number of carbonyl (C=O) groups excluding carboxylic acids is 2. The van der Waals surface area contributed by atoms with Gasteiger partial charge in [-0.1, -0.05) is 30.2 Å². The van der Waals surface area contributed by atoms with Crippen LogP contribution in [0.3, 0.4) is 0 Å². The first kappa shape index (κ1) is 22.0. The highest BCUT2D eigenvalue weighted by Crippen LogP contribution is 2.64. The molecule has 32 heavy (non-hydrogen) atoms. The van der Waals surface area contributed by atoms with Crippen LogP contribution in [0, 0.1) is 35.5 Å². The summed E-state index contributed by atoms with van der Waals surface area (Å²) in [6.45, 7) is 4.14. The molecule has 0 bridgehead atoms. The first-order chi connectivity index (χ1) is 15.2. The third kappa shape index (κ3) is 3.33. The molecule has 4 aliphatic carbocycles. The summed E-state index contributed by atoms with van der Waals surface area (Å²) in [4.78, 5) is 25.1. The van der Waals surface area contributed by atoms with Gasteiger partial charge in [0.2, 0.25) is 0 Å². The largest absolute Gasteiger partial charge is 0.299 e. The second kappa shape index (κ2) is 7.63. The lowest BCUT2D eigenvalue weighted by atomic mass is 9.47. The van der Waals surface area contributed by atoms with Crippen LogP contribution >= 0.6 is 0 Å². The van der Waals surface area contributed by atoms with E-state index in [2.05, 4.69) is 6.92 Å². The SMILES string of the molecule is Cc1ccc(S(=O)(=O)OC[C@@]23CCC(=O)C=C2CC[C@H]2[C@H]3CC[C@@]3(C)C(=O)CC[C@@H]23)cc1. The van der Waals surface area contributed by atoms with E-state index in [4.69, 9.17) is 4.18 Å². The molecule has 0 radical (unpaired) electrons. The first-order valence-corrected chi connectivity index (χ1v) is 13.3. The van der Waals surface area contributed by atoms with Gasteiger partial charge in [0.05, 0.1) is 11.5 Å². The normalized spacial score (nSPS) is 36.8. The van der Waals surface area contributed by atoms with Gasteiger partial charge in [-0.2, -0.15) is 8.42 Å². The number of benzene rings is 1. The number of carbonyl (C=O) groups is 2. The molecule has 6 heteroatoms. The zero-order valence-electron chi connectivity index (χ0n) is 18.9. The number of fused-ring (bicyclic) bond motifs is 5. The summed E-state index contributed by atoms with van der Waals surface area (Å²) in [6.07, 6.45) is 7.96. The van der Waals surface area contributed by atoms with E-state index in [1.54, 1.807) is 30.3 Å². The number of hydrogen-bond donors (Lipinski definition) is 0. The van der Waals surface area contributed by atoms with Crippen molar-refractivity contribution in [2.24, 2.45) is 28.6 Å². The third-order valence-electron chi connectivity index (χ3n) is 9.18. The average Bonchev–Trinajstić information content (AvgIpc) is 3.07. The van der Waals surface area contributed by atoms with Crippen molar-refractivity contribution >= 4 is 21.7 Å². The molecule has 0 aromatic heterocycles. The van der Waals surface area contributed by atoms with Crippen molar-refractivity contribution in [2.45, 2.75) is 70.1 Å². The second-order valence-corrected chi connectivity index (χ2v) is 12.3. The van der Waals surface area contributed by atoms with E-state index in [1.165, 1.54) is 0 Å². The number of aryl methyl sites for hydroxylation is 1. The maximum atomic E-state index is 13.0. The van der Waals surface area contributed by atoms with Crippen LogP contribution in [0.1, 0.15) is 63.9 Å². The van der Waals surface area contributed by atoms with Crippen molar-refractivity contribution in [2.75, 3.05) is 6.61 Å². The molecular weight excluding hydrogens is 424 g/mol. The predicted octanol–water partition coefficient (Wildman–Crippen LogP) is 4.78. The van der Waals surface area contributed by atoms with Gasteiger partial charge in [0.15, 0.2) is 5.78 Å². The smallest absolute Gasteiger partial charge is 0.297 e. The fourth-order valence-electron chi connectivity index (χ4n) is 7.36. The fourth-order valence-corrected chi connectivity index (χ4v) is 8.33. The van der Waals surface area contributed by atoms with Gasteiger partial charge >= 0.3 is 0 Å². The van der Waals surface area contributed by atoms with E-state index in [1.807, 2.05) is 6.92 Å². The summed E-state index contributed by atoms with van der Waals surface area (Å²) < 4.78 is 31.8. The van der Waals surface area contributed by atoms with E-state index in [0.29, 0.717) is 36.9 Å². The summed E-state index contributed by atoms with van der Waals surface area (Å²) in [7, 11) is -3.89. The minimum atomic E-state index is -3.89. The molecule has 1 aromatic carbocycles. The van der Waals surface area contributed by atoms with Crippen LogP contribution in [0.25, 0.3) is 0 Å². The van der Waals surface area contributed by atoms with Crippen molar-refractivity contribution in [3.63, 3.8) is 0 Å². The second-order valence-electron chi connectivity index (χ2n) is 10.7. The molecule has 5 atom stereocenters. The first-order valence-electron chi connectivity index (χ1n) is 11.9. The quantitative estimate of drug-likeness (QED) is 0.609. The monoisotopic (exact) mass is 456 g/mol. The Kier molecular flexibility index (Phi) is 5.25. The summed E-state index contributed by atoms with van der Waals surface area (Å²) in [5.74, 6) is 1.53. The molecule has 0 heterocycles. The standard InChI is InChI=1S/C26H32O5S/c1-17-3-6-20(7-4-17)32(29,30)31-16-26-14-11-19(27)15-18(26)5-8-21-22-9-10-24(28)25(22,2)13-12-23(21)26/h3-4,6-7,15,21-23H,5,8-14,16H2,1-2H3/t21-,22+,23-,25-,26+/m1/s1. The van der Waals surface area contributed by atoms with Crippen LogP contribution in [0.5, 0.6) is 0 Å². The van der Waals surface area contributed by atoms with Crippen molar-refractivity contribution in [1.82, 2.24) is 0 Å². The molecule has 0 saturated heterocycles. The van der Waals surface area contributed by atoms with Gasteiger partial charge in [0.25, 0.3) is 10.1 Å². The molecule has 0 amide bonds. The van der Waals surface area contributed by atoms with Gasteiger partial charge in [-0.15, -0.1) is 0 Å². The number of ketones is 2. The Morgan fingerprint density at radius 1 is 0.969 bits per heavy atom. The van der Waals surface area contributed by atoms with Crippen molar-refractivity contribution < 1.29 is 22.2 Å². The van der Waals surface area contributed by atoms with Crippen LogP contribution in [-0.2, 0) is 23.9 Å². The molecule has 5 rings (SSSR count). The molecule has 0 spiro atoms. The van der Waals surface area contributed by atoms with Crippen LogP contribution < -0.4 is 0 Å². The summed E-state index contributed by atoms with van der Waals surface area (Å²) in [6, 6.07) is 6.72. The minimum absolute atomic E-state index is 0.0842. The van der Waals surface area contributed by atoms with Crippen molar-refractivity contribution in [3.8, 4) is 0 Å². The highest BCUT2D eigenvalue weighted by molar-refractivity contribution is 7.86. The molecular formula is C26H32O5S. The molecule has 0 N–H and O–H groups in total. The van der Waals surface area contributed by atoms with Crippen molar-refractivity contribution in [1.29, 1.82) is 0 Å². The topological polar surface area (TPSA) is 77.5 Å². The van der Waals surface area contributed by atoms with Gasteiger partial charge < -0.3 is 0 Å². The lowest BCUT2D eigenvalue weighted by Crippen LogP contribution is -2.53. The van der Waals surface area contributed by atoms with Gasteiger partial charge in [0.1, 0.15) is 5.78 Å². The Morgan fingerprint density at radius 3 is 2.47 bits per heavy atom. The van der Waals surface area contributed by atoms with Gasteiger partial charge in [-0.05, 0) is 81.4 Å². The molecule has 3 fully saturated rings. The van der Waals surface area contributed by atoms with Gasteiger partial charge in [-0.3, -0.25) is 13.8 Å². The minimum Gasteiger partial charge on any atom is -0.299 e. The van der Waals surface area contributed by atoms with Crippen LogP contribution in [0.4, 0.5) is 0 Å². The zero-order valence-corrected chi connectivity index (χ0v) is 19.7. The van der Waals surface area contributed by atoms with E-state index in [-0.39, 0.29) is 28.6 Å². The molecule has 5 nitrogen and oxygen atoms in total. The van der Waals surface area contributed by atoms with Crippen LogP contribution in [0.15, 0.2) is 40.8 Å². The van der Waals surface area contributed by atoms with Crippen LogP contribution in [-0.4, -0.2) is 26.6 Å². The summed E-state index contributed by atoms with van der Waals surface area (Å²) >= 11 is 0. The Bertz CT molecular complexity index is 1090. The van der Waals surface area contributed by atoms with Gasteiger partial charge in [0, 0.05) is 23.7 Å². The highest BCUT2D eigenvalue weighted by Gasteiger charge is 2.60. The Labute approximate surface area is 190 Å². The van der Waals surface area contributed by atoms with E-state index >= 15 is 0 Å². The molecule has 1 aromatic rings. The molecule has 0 unspecified atom stereocenters. The van der Waals surface area contributed by atoms with Crippen molar-refractivity contribution in [3.05, 3.63) is 41.5 Å². The van der Waals surface area contributed by atoms with Gasteiger partial charge in [-0.25, -0.2) is 0 Å². The summed E-state index contributed by atoms with van der Waals surface area (Å²) in [5, 5.41) is 0. The average molecular weight is 457 g/mol. The zero-order chi connectivity index (χ0) is 22.7. The number of rotatable bonds is 4. The lowest BCUT2D eigenvalue weighted by molar-refractivity contribution is -0.133. The third-order valence-corrected chi connectivity index (χ3v) is 10.5. The maximum absolute atomic E-state index is 13.0. The number of Topliss-reactive ketones (excluding diaryl/α,β-unsaturated/α-hetero) is 1. The molecule has 172 valence electrons. The summed E-state index contributed by atoms with van der Waals surface area (Å²) in [5.41, 5.74) is 1.40. The van der Waals surface area contributed by atoms with Crippen LogP contribution in [0.2, 0.25) is 0 Å². The Morgan fingerprint density at radius 2 is 1.72 bits per heavy atom. The van der Waals surface area contributed by atoms with E-state index in [9.17, 15) is 18.0 Å². The predicted molar refractivity (Wildman–Crippen MR) is 120 cm³/mol. The Hall–Kier alpha value is -1.79. The highest BCUT2D eigenvalue weighted by atomic mass is 32.2. The Balaban J connectivity index is 1.47. The van der Waals surface area contributed by atoms with E-state index in [0.717, 1.165) is 43.2 Å².